The molecule has 1 aromatic carbocycles. The highest BCUT2D eigenvalue weighted by atomic mass is 16.2. The van der Waals surface area contributed by atoms with Gasteiger partial charge in [0.2, 0.25) is 5.91 Å². The van der Waals surface area contributed by atoms with Gasteiger partial charge >= 0.3 is 0 Å². The number of nitrogens with one attached hydrogen (secondary N) is 1. The summed E-state index contributed by atoms with van der Waals surface area (Å²) in [6.45, 7) is 8.69. The summed E-state index contributed by atoms with van der Waals surface area (Å²) in [6.07, 6.45) is 7.68. The lowest BCUT2D eigenvalue weighted by Gasteiger charge is -2.23. The molecule has 0 atom stereocenters. The number of unbranched alkanes of at least 4 members (excludes halogenated alkanes) is 2. The highest BCUT2D eigenvalue weighted by molar-refractivity contribution is 5.82. The molecular formula is C19H31N3O. The molecule has 1 aromatic rings. The van der Waals surface area contributed by atoms with Gasteiger partial charge in [0, 0.05) is 25.2 Å². The molecule has 4 heteroatoms. The van der Waals surface area contributed by atoms with E-state index in [1.54, 1.807) is 6.21 Å². The SMILES string of the molecule is CCCCCC(=O)NN=Cc1ccc(N(CCC)CCC)cc1. The summed E-state index contributed by atoms with van der Waals surface area (Å²) >= 11 is 0. The molecule has 0 saturated heterocycles. The molecular weight excluding hydrogens is 286 g/mol. The van der Waals surface area contributed by atoms with Gasteiger partial charge in [0.15, 0.2) is 0 Å². The van der Waals surface area contributed by atoms with Gasteiger partial charge in [-0.3, -0.25) is 4.79 Å². The van der Waals surface area contributed by atoms with E-state index in [0.717, 1.165) is 50.8 Å². The van der Waals surface area contributed by atoms with Gasteiger partial charge < -0.3 is 4.90 Å². The minimum absolute atomic E-state index is 0.0108. The molecule has 0 spiro atoms. The van der Waals surface area contributed by atoms with Gasteiger partial charge in [-0.25, -0.2) is 5.43 Å². The molecule has 4 nitrogen and oxygen atoms in total. The maximum Gasteiger partial charge on any atom is 0.240 e. The van der Waals surface area contributed by atoms with Crippen molar-refractivity contribution < 1.29 is 4.79 Å². The molecule has 0 unspecified atom stereocenters. The van der Waals surface area contributed by atoms with Crippen molar-refractivity contribution in [2.75, 3.05) is 18.0 Å². The average molecular weight is 317 g/mol. The van der Waals surface area contributed by atoms with Crippen LogP contribution in [0.3, 0.4) is 0 Å². The van der Waals surface area contributed by atoms with E-state index >= 15 is 0 Å². The van der Waals surface area contributed by atoms with E-state index in [4.69, 9.17) is 0 Å². The van der Waals surface area contributed by atoms with Crippen LogP contribution in [0, 0.1) is 0 Å². The molecule has 0 aromatic heterocycles. The summed E-state index contributed by atoms with van der Waals surface area (Å²) in [7, 11) is 0. The molecule has 1 N–H and O–H groups in total. The summed E-state index contributed by atoms with van der Waals surface area (Å²) in [4.78, 5) is 14.0. The topological polar surface area (TPSA) is 44.7 Å². The summed E-state index contributed by atoms with van der Waals surface area (Å²) in [5.74, 6) is -0.0108. The van der Waals surface area contributed by atoms with Crippen LogP contribution >= 0.6 is 0 Å². The maximum atomic E-state index is 11.6. The first-order valence-electron chi connectivity index (χ1n) is 8.88. The Hall–Kier alpha value is -1.84. The Morgan fingerprint density at radius 2 is 1.70 bits per heavy atom. The van der Waals surface area contributed by atoms with Crippen LogP contribution in [0.1, 0.15) is 64.9 Å². The predicted octanol–water partition coefficient (Wildman–Crippen LogP) is 4.34. The lowest BCUT2D eigenvalue weighted by atomic mass is 10.2. The summed E-state index contributed by atoms with van der Waals surface area (Å²) < 4.78 is 0. The van der Waals surface area contributed by atoms with E-state index in [1.165, 1.54) is 5.69 Å². The zero-order chi connectivity index (χ0) is 16.9. The molecule has 0 fully saturated rings. The number of benzene rings is 1. The Bertz CT molecular complexity index is 462. The molecule has 1 amide bonds. The first kappa shape index (κ1) is 19.2. The van der Waals surface area contributed by atoms with Crippen molar-refractivity contribution in [3.05, 3.63) is 29.8 Å². The minimum Gasteiger partial charge on any atom is -0.372 e. The van der Waals surface area contributed by atoms with E-state index in [2.05, 4.69) is 48.3 Å². The van der Waals surface area contributed by atoms with E-state index < -0.39 is 0 Å². The molecule has 0 aliphatic carbocycles. The van der Waals surface area contributed by atoms with Crippen molar-refractivity contribution in [1.82, 2.24) is 5.43 Å². The Labute approximate surface area is 141 Å². The third-order valence-corrected chi connectivity index (χ3v) is 3.66. The highest BCUT2D eigenvalue weighted by Gasteiger charge is 2.03. The Morgan fingerprint density at radius 1 is 1.04 bits per heavy atom. The summed E-state index contributed by atoms with van der Waals surface area (Å²) in [5.41, 5.74) is 4.83. The van der Waals surface area contributed by atoms with Crippen LogP contribution in [0.2, 0.25) is 0 Å². The van der Waals surface area contributed by atoms with Crippen molar-refractivity contribution in [2.24, 2.45) is 5.10 Å². The molecule has 0 radical (unpaired) electrons. The lowest BCUT2D eigenvalue weighted by molar-refractivity contribution is -0.121. The molecule has 0 saturated carbocycles. The minimum atomic E-state index is -0.0108. The van der Waals surface area contributed by atoms with Gasteiger partial charge in [-0.15, -0.1) is 0 Å². The predicted molar refractivity (Wildman–Crippen MR) is 99.1 cm³/mol. The second-order valence-electron chi connectivity index (χ2n) is 5.83. The molecule has 0 bridgehead atoms. The van der Waals surface area contributed by atoms with E-state index in [9.17, 15) is 4.79 Å². The second-order valence-corrected chi connectivity index (χ2v) is 5.83. The number of hydrazone groups is 1. The monoisotopic (exact) mass is 317 g/mol. The zero-order valence-corrected chi connectivity index (χ0v) is 14.8. The fourth-order valence-electron chi connectivity index (χ4n) is 2.45. The number of carbonyl (C=O) groups excluding carboxylic acids is 1. The maximum absolute atomic E-state index is 11.6. The number of amides is 1. The summed E-state index contributed by atoms with van der Waals surface area (Å²) in [5, 5.41) is 4.03. The Morgan fingerprint density at radius 3 is 2.26 bits per heavy atom. The molecule has 0 aliphatic rings. The standard InChI is InChI=1S/C19H31N3O/c1-4-7-8-9-19(23)21-20-16-17-10-12-18(13-11-17)22(14-5-2)15-6-3/h10-13,16H,4-9,14-15H2,1-3H3,(H,21,23). The Balaban J connectivity index is 2.49. The highest BCUT2D eigenvalue weighted by Crippen LogP contribution is 2.15. The summed E-state index contributed by atoms with van der Waals surface area (Å²) in [6, 6.07) is 8.33. The number of anilines is 1. The van der Waals surface area contributed by atoms with Gasteiger partial charge in [0.1, 0.15) is 0 Å². The van der Waals surface area contributed by atoms with Gasteiger partial charge in [-0.05, 0) is 37.0 Å². The molecule has 0 aliphatic heterocycles. The van der Waals surface area contributed by atoms with E-state index in [-0.39, 0.29) is 5.91 Å². The number of nitrogens with zero attached hydrogens (tertiary/aromatic N) is 2. The third-order valence-electron chi connectivity index (χ3n) is 3.66. The smallest absolute Gasteiger partial charge is 0.240 e. The number of carbonyl (C=O) groups is 1. The van der Waals surface area contributed by atoms with Gasteiger partial charge in [0.25, 0.3) is 0 Å². The normalized spacial score (nSPS) is 10.9. The molecule has 128 valence electrons. The first-order chi connectivity index (χ1) is 11.2. The average Bonchev–Trinajstić information content (AvgIpc) is 2.56. The van der Waals surface area contributed by atoms with Crippen LogP contribution in [0.25, 0.3) is 0 Å². The molecule has 23 heavy (non-hydrogen) atoms. The fourth-order valence-corrected chi connectivity index (χ4v) is 2.45. The van der Waals surface area contributed by atoms with Crippen LogP contribution in [0.5, 0.6) is 0 Å². The van der Waals surface area contributed by atoms with Crippen molar-refractivity contribution in [1.29, 1.82) is 0 Å². The van der Waals surface area contributed by atoms with Crippen LogP contribution in [0.15, 0.2) is 29.4 Å². The Kier molecular flexibility index (Phi) is 9.76. The first-order valence-corrected chi connectivity index (χ1v) is 8.88. The van der Waals surface area contributed by atoms with Crippen molar-refractivity contribution in [2.45, 2.75) is 59.3 Å². The second kappa shape index (κ2) is 11.7. The molecule has 1 rings (SSSR count). The number of hydrogen-bond donors (Lipinski definition) is 1. The number of hydrogen-bond acceptors (Lipinski definition) is 3. The fraction of sp³-hybridized carbons (Fsp3) is 0.579. The van der Waals surface area contributed by atoms with E-state index in [0.29, 0.717) is 6.42 Å². The lowest BCUT2D eigenvalue weighted by Crippen LogP contribution is -2.24. The van der Waals surface area contributed by atoms with Gasteiger partial charge in [-0.1, -0.05) is 45.7 Å². The van der Waals surface area contributed by atoms with Crippen LogP contribution in [-0.4, -0.2) is 25.2 Å². The van der Waals surface area contributed by atoms with Crippen LogP contribution in [-0.2, 0) is 4.79 Å². The van der Waals surface area contributed by atoms with Crippen LogP contribution < -0.4 is 10.3 Å². The largest absolute Gasteiger partial charge is 0.372 e. The van der Waals surface area contributed by atoms with Gasteiger partial charge in [0.05, 0.1) is 6.21 Å². The van der Waals surface area contributed by atoms with Crippen molar-refractivity contribution >= 4 is 17.8 Å². The van der Waals surface area contributed by atoms with E-state index in [1.807, 2.05) is 12.1 Å². The molecule has 0 heterocycles. The van der Waals surface area contributed by atoms with Crippen molar-refractivity contribution in [3.8, 4) is 0 Å². The van der Waals surface area contributed by atoms with Crippen molar-refractivity contribution in [3.63, 3.8) is 0 Å². The quantitative estimate of drug-likeness (QED) is 0.375. The van der Waals surface area contributed by atoms with Gasteiger partial charge in [-0.2, -0.15) is 5.10 Å². The zero-order valence-electron chi connectivity index (χ0n) is 14.8. The third kappa shape index (κ3) is 7.82. The van der Waals surface area contributed by atoms with Crippen LogP contribution in [0.4, 0.5) is 5.69 Å². The number of rotatable bonds is 11.